The van der Waals surface area contributed by atoms with Crippen LogP contribution in [0.2, 0.25) is 0 Å². The predicted octanol–water partition coefficient (Wildman–Crippen LogP) is 1.34. The molecule has 0 fully saturated rings. The third-order valence-corrected chi connectivity index (χ3v) is 3.57. The van der Waals surface area contributed by atoms with E-state index in [1.165, 1.54) is 11.8 Å². The minimum absolute atomic E-state index is 0.0377. The van der Waals surface area contributed by atoms with Gasteiger partial charge in [-0.1, -0.05) is 6.07 Å². The first-order chi connectivity index (χ1) is 6.68. The molecule has 0 aliphatic carbocycles. The van der Waals surface area contributed by atoms with Crippen LogP contribution in [0.4, 0.5) is 0 Å². The molecule has 1 rings (SSSR count). The Kier molecular flexibility index (Phi) is 5.00. The van der Waals surface area contributed by atoms with Crippen molar-refractivity contribution in [3.8, 4) is 0 Å². The monoisotopic (exact) mass is 231 g/mol. The van der Waals surface area contributed by atoms with Crippen LogP contribution in [0.5, 0.6) is 0 Å². The fourth-order valence-electron chi connectivity index (χ4n) is 0.795. The van der Waals surface area contributed by atoms with Crippen LogP contribution in [-0.4, -0.2) is 29.4 Å². The van der Waals surface area contributed by atoms with Crippen molar-refractivity contribution in [2.45, 2.75) is 17.2 Å². The Morgan fingerprint density at radius 1 is 1.79 bits per heavy atom. The summed E-state index contributed by atoms with van der Waals surface area (Å²) in [6.07, 6.45) is -0.481. The van der Waals surface area contributed by atoms with E-state index in [0.29, 0.717) is 12.3 Å². The summed E-state index contributed by atoms with van der Waals surface area (Å²) in [5, 5.41) is 13.6. The number of carbonyl (C=O) groups is 1. The van der Waals surface area contributed by atoms with Gasteiger partial charge in [0.1, 0.15) is 0 Å². The van der Waals surface area contributed by atoms with E-state index in [0.717, 1.165) is 4.21 Å². The van der Waals surface area contributed by atoms with Gasteiger partial charge in [0.15, 0.2) is 0 Å². The van der Waals surface area contributed by atoms with Gasteiger partial charge in [-0.05, 0) is 18.4 Å². The maximum Gasteiger partial charge on any atom is 0.230 e. The summed E-state index contributed by atoms with van der Waals surface area (Å²) in [4.78, 5) is 11.2. The molecule has 5 heteroatoms. The van der Waals surface area contributed by atoms with Crippen molar-refractivity contribution in [3.05, 3.63) is 17.5 Å². The molecule has 0 bridgehead atoms. The molecule has 0 saturated heterocycles. The highest BCUT2D eigenvalue weighted by molar-refractivity contribution is 8.01. The van der Waals surface area contributed by atoms with E-state index in [-0.39, 0.29) is 5.91 Å². The van der Waals surface area contributed by atoms with Crippen molar-refractivity contribution in [2.75, 3.05) is 12.3 Å². The number of rotatable bonds is 5. The molecule has 0 aromatic carbocycles. The highest BCUT2D eigenvalue weighted by Gasteiger charge is 2.04. The van der Waals surface area contributed by atoms with Crippen molar-refractivity contribution in [2.24, 2.45) is 0 Å². The lowest BCUT2D eigenvalue weighted by Gasteiger charge is -2.05. The second-order valence-electron chi connectivity index (χ2n) is 2.87. The summed E-state index contributed by atoms with van der Waals surface area (Å²) in [6, 6.07) is 3.94. The van der Waals surface area contributed by atoms with E-state index in [9.17, 15) is 4.79 Å². The molecule has 1 aromatic rings. The molecule has 1 amide bonds. The van der Waals surface area contributed by atoms with Crippen molar-refractivity contribution in [3.63, 3.8) is 0 Å². The van der Waals surface area contributed by atoms with Gasteiger partial charge in [-0.2, -0.15) is 0 Å². The molecule has 0 radical (unpaired) electrons. The average Bonchev–Trinajstić information content (AvgIpc) is 2.63. The predicted molar refractivity (Wildman–Crippen MR) is 59.7 cm³/mol. The number of thioether (sulfide) groups is 1. The van der Waals surface area contributed by atoms with Crippen molar-refractivity contribution in [1.82, 2.24) is 5.32 Å². The first-order valence-corrected chi connectivity index (χ1v) is 6.16. The highest BCUT2D eigenvalue weighted by atomic mass is 32.2. The number of nitrogens with one attached hydrogen (secondary N) is 1. The van der Waals surface area contributed by atoms with Crippen molar-refractivity contribution in [1.29, 1.82) is 0 Å². The van der Waals surface area contributed by atoms with Crippen LogP contribution in [0.3, 0.4) is 0 Å². The maximum atomic E-state index is 11.2. The highest BCUT2D eigenvalue weighted by Crippen LogP contribution is 2.22. The summed E-state index contributed by atoms with van der Waals surface area (Å²) < 4.78 is 1.14. The topological polar surface area (TPSA) is 49.3 Å². The Morgan fingerprint density at radius 3 is 3.14 bits per heavy atom. The summed E-state index contributed by atoms with van der Waals surface area (Å²) in [6.45, 7) is 1.97. The van der Waals surface area contributed by atoms with Crippen LogP contribution in [-0.2, 0) is 4.79 Å². The summed E-state index contributed by atoms with van der Waals surface area (Å²) >= 11 is 3.13. The van der Waals surface area contributed by atoms with Gasteiger partial charge < -0.3 is 10.4 Å². The lowest BCUT2D eigenvalue weighted by Crippen LogP contribution is -2.31. The molecule has 1 aromatic heterocycles. The van der Waals surface area contributed by atoms with Crippen LogP contribution in [0.15, 0.2) is 21.7 Å². The van der Waals surface area contributed by atoms with Gasteiger partial charge in [-0.3, -0.25) is 4.79 Å². The van der Waals surface area contributed by atoms with Crippen LogP contribution in [0.1, 0.15) is 6.92 Å². The molecule has 0 aliphatic rings. The minimum Gasteiger partial charge on any atom is -0.392 e. The fourth-order valence-corrected chi connectivity index (χ4v) is 2.41. The third-order valence-electron chi connectivity index (χ3n) is 1.44. The minimum atomic E-state index is -0.481. The number of thiophene rings is 1. The van der Waals surface area contributed by atoms with Gasteiger partial charge in [0, 0.05) is 6.54 Å². The lowest BCUT2D eigenvalue weighted by atomic mass is 10.4. The zero-order chi connectivity index (χ0) is 10.4. The molecule has 0 saturated carbocycles. The van der Waals surface area contributed by atoms with Crippen molar-refractivity contribution < 1.29 is 9.90 Å². The van der Waals surface area contributed by atoms with Gasteiger partial charge >= 0.3 is 0 Å². The molecule has 0 aliphatic heterocycles. The average molecular weight is 231 g/mol. The Morgan fingerprint density at radius 2 is 2.57 bits per heavy atom. The number of hydrogen-bond acceptors (Lipinski definition) is 4. The number of carbonyl (C=O) groups excluding carboxylic acids is 1. The van der Waals surface area contributed by atoms with E-state index in [1.54, 1.807) is 18.3 Å². The Hall–Kier alpha value is -0.520. The van der Waals surface area contributed by atoms with Crippen molar-refractivity contribution >= 4 is 29.0 Å². The SMILES string of the molecule is C[C@@H](O)CNC(=O)CSc1cccs1. The van der Waals surface area contributed by atoms with Gasteiger partial charge in [0.2, 0.25) is 5.91 Å². The molecule has 0 unspecified atom stereocenters. The quantitative estimate of drug-likeness (QED) is 0.752. The van der Waals surface area contributed by atoms with Crippen LogP contribution >= 0.6 is 23.1 Å². The standard InChI is InChI=1S/C9H13NO2S2/c1-7(11)5-10-8(12)6-14-9-3-2-4-13-9/h2-4,7,11H,5-6H2,1H3,(H,10,12)/t7-/m1/s1. The molecule has 14 heavy (non-hydrogen) atoms. The summed E-state index contributed by atoms with van der Waals surface area (Å²) in [5.41, 5.74) is 0. The smallest absolute Gasteiger partial charge is 0.230 e. The van der Waals surface area contributed by atoms with E-state index in [2.05, 4.69) is 5.32 Å². The largest absolute Gasteiger partial charge is 0.392 e. The number of aliphatic hydroxyl groups excluding tert-OH is 1. The second kappa shape index (κ2) is 6.06. The van der Waals surface area contributed by atoms with Crippen LogP contribution < -0.4 is 5.32 Å². The van der Waals surface area contributed by atoms with E-state index < -0.39 is 6.10 Å². The number of amides is 1. The number of hydrogen-bond donors (Lipinski definition) is 2. The molecule has 0 spiro atoms. The molecule has 3 nitrogen and oxygen atoms in total. The zero-order valence-electron chi connectivity index (χ0n) is 7.90. The lowest BCUT2D eigenvalue weighted by molar-refractivity contribution is -0.118. The summed E-state index contributed by atoms with van der Waals surface area (Å²) in [7, 11) is 0. The molecular formula is C9H13NO2S2. The molecular weight excluding hydrogens is 218 g/mol. The molecule has 78 valence electrons. The molecule has 1 atom stereocenters. The molecule has 1 heterocycles. The van der Waals surface area contributed by atoms with E-state index >= 15 is 0 Å². The normalized spacial score (nSPS) is 12.4. The summed E-state index contributed by atoms with van der Waals surface area (Å²) in [5.74, 6) is 0.372. The first-order valence-electron chi connectivity index (χ1n) is 4.29. The van der Waals surface area contributed by atoms with E-state index in [4.69, 9.17) is 5.11 Å². The van der Waals surface area contributed by atoms with Gasteiger partial charge in [-0.25, -0.2) is 0 Å². The third kappa shape index (κ3) is 4.64. The Labute approximate surface area is 91.5 Å². The van der Waals surface area contributed by atoms with Gasteiger partial charge in [0.25, 0.3) is 0 Å². The van der Waals surface area contributed by atoms with Crippen LogP contribution in [0, 0.1) is 0 Å². The fraction of sp³-hybridized carbons (Fsp3) is 0.444. The Balaban J connectivity index is 2.15. The Bertz CT molecular complexity index is 272. The molecule has 2 N–H and O–H groups in total. The van der Waals surface area contributed by atoms with Gasteiger partial charge in [0.05, 0.1) is 16.1 Å². The van der Waals surface area contributed by atoms with E-state index in [1.807, 2.05) is 17.5 Å². The zero-order valence-corrected chi connectivity index (χ0v) is 9.53. The first kappa shape index (κ1) is 11.6. The van der Waals surface area contributed by atoms with Crippen LogP contribution in [0.25, 0.3) is 0 Å². The van der Waals surface area contributed by atoms with Gasteiger partial charge in [-0.15, -0.1) is 23.1 Å². The number of aliphatic hydroxyl groups is 1. The maximum absolute atomic E-state index is 11.2. The second-order valence-corrected chi connectivity index (χ2v) is 5.10.